The molecule has 1 unspecified atom stereocenters. The van der Waals surface area contributed by atoms with E-state index in [0.29, 0.717) is 0 Å². The van der Waals surface area contributed by atoms with E-state index in [4.69, 9.17) is 10.2 Å². The van der Waals surface area contributed by atoms with Crippen LogP contribution in [0.4, 0.5) is 0 Å². The van der Waals surface area contributed by atoms with Crippen LogP contribution in [-0.2, 0) is 16.1 Å². The van der Waals surface area contributed by atoms with Crippen molar-refractivity contribution in [1.82, 2.24) is 5.32 Å². The zero-order chi connectivity index (χ0) is 12.1. The summed E-state index contributed by atoms with van der Waals surface area (Å²) in [5, 5.41) is 20.1. The third-order valence-electron chi connectivity index (χ3n) is 2.17. The number of aromatic hydroxyl groups is 1. The predicted octanol–water partition coefficient (Wildman–Crippen LogP) is 0.729. The third-order valence-corrected chi connectivity index (χ3v) is 2.17. The minimum atomic E-state index is -1.15. The lowest BCUT2D eigenvalue weighted by atomic mass is 10.1. The lowest BCUT2D eigenvalue weighted by Crippen LogP contribution is -2.33. The highest BCUT2D eigenvalue weighted by molar-refractivity contribution is 5.96. The Morgan fingerprint density at radius 2 is 1.88 bits per heavy atom. The van der Waals surface area contributed by atoms with Crippen LogP contribution < -0.4 is 5.32 Å². The molecule has 1 aromatic rings. The molecule has 5 nitrogen and oxygen atoms in total. The topological polar surface area (TPSA) is 86.6 Å². The molecule has 1 aromatic carbocycles. The van der Waals surface area contributed by atoms with Gasteiger partial charge in [-0.1, -0.05) is 12.1 Å². The van der Waals surface area contributed by atoms with Gasteiger partial charge < -0.3 is 15.5 Å². The van der Waals surface area contributed by atoms with Crippen molar-refractivity contribution in [2.24, 2.45) is 5.92 Å². The molecule has 0 fully saturated rings. The Hall–Kier alpha value is -2.04. The van der Waals surface area contributed by atoms with E-state index >= 15 is 0 Å². The smallest absolute Gasteiger partial charge is 0.315 e. The number of phenols is 1. The molecule has 86 valence electrons. The number of hydrogen-bond acceptors (Lipinski definition) is 3. The van der Waals surface area contributed by atoms with Crippen LogP contribution in [0.3, 0.4) is 0 Å². The number of carboxylic acid groups (broad SMARTS) is 1. The molecule has 1 rings (SSSR count). The molecule has 0 aromatic heterocycles. The van der Waals surface area contributed by atoms with Gasteiger partial charge in [0.15, 0.2) is 0 Å². The average Bonchev–Trinajstić information content (AvgIpc) is 2.26. The number of phenolic OH excluding ortho intramolecular Hbond substituents is 1. The number of aliphatic carboxylic acids is 1. The molecule has 5 heteroatoms. The number of hydrogen-bond donors (Lipinski definition) is 3. The first kappa shape index (κ1) is 12.0. The molecule has 1 atom stereocenters. The lowest BCUT2D eigenvalue weighted by Gasteiger charge is -2.08. The summed E-state index contributed by atoms with van der Waals surface area (Å²) in [7, 11) is 0. The van der Waals surface area contributed by atoms with Crippen LogP contribution in [0, 0.1) is 5.92 Å². The largest absolute Gasteiger partial charge is 0.508 e. The van der Waals surface area contributed by atoms with Gasteiger partial charge in [-0.3, -0.25) is 9.59 Å². The maximum atomic E-state index is 11.3. The van der Waals surface area contributed by atoms with Gasteiger partial charge in [0.25, 0.3) is 0 Å². The first-order valence-corrected chi connectivity index (χ1v) is 4.79. The van der Waals surface area contributed by atoms with Crippen LogP contribution in [0.25, 0.3) is 0 Å². The molecule has 0 spiro atoms. The number of carboxylic acids is 1. The molecule has 0 aliphatic heterocycles. The van der Waals surface area contributed by atoms with Crippen molar-refractivity contribution in [2.75, 3.05) is 0 Å². The van der Waals surface area contributed by atoms with E-state index in [1.54, 1.807) is 12.1 Å². The molecule has 0 radical (unpaired) electrons. The van der Waals surface area contributed by atoms with Gasteiger partial charge >= 0.3 is 5.97 Å². The van der Waals surface area contributed by atoms with Crippen molar-refractivity contribution in [2.45, 2.75) is 13.5 Å². The van der Waals surface area contributed by atoms with E-state index in [1.807, 2.05) is 0 Å². The fourth-order valence-electron chi connectivity index (χ4n) is 1.07. The van der Waals surface area contributed by atoms with Crippen molar-refractivity contribution in [1.29, 1.82) is 0 Å². The van der Waals surface area contributed by atoms with Crippen LogP contribution in [0.2, 0.25) is 0 Å². The second-order valence-corrected chi connectivity index (χ2v) is 3.44. The van der Waals surface area contributed by atoms with Gasteiger partial charge in [0, 0.05) is 6.54 Å². The standard InChI is InChI=1S/C11H13NO4/c1-7(11(15)16)10(14)12-6-8-2-4-9(13)5-3-8/h2-5,7,13H,6H2,1H3,(H,12,14)(H,15,16). The summed E-state index contributed by atoms with van der Waals surface area (Å²) in [6.45, 7) is 1.57. The molecule has 0 aliphatic rings. The molecular weight excluding hydrogens is 210 g/mol. The minimum absolute atomic E-state index is 0.147. The summed E-state index contributed by atoms with van der Waals surface area (Å²) in [6.07, 6.45) is 0. The van der Waals surface area contributed by atoms with Gasteiger partial charge in [0.05, 0.1) is 0 Å². The fourth-order valence-corrected chi connectivity index (χ4v) is 1.07. The molecule has 3 N–H and O–H groups in total. The highest BCUT2D eigenvalue weighted by atomic mass is 16.4. The lowest BCUT2D eigenvalue weighted by molar-refractivity contribution is -0.146. The Balaban J connectivity index is 2.49. The van der Waals surface area contributed by atoms with Crippen molar-refractivity contribution >= 4 is 11.9 Å². The van der Waals surface area contributed by atoms with Crippen molar-refractivity contribution < 1.29 is 19.8 Å². The normalized spacial score (nSPS) is 11.8. The van der Waals surface area contributed by atoms with Crippen molar-refractivity contribution in [3.8, 4) is 5.75 Å². The fraction of sp³-hybridized carbons (Fsp3) is 0.273. The number of carbonyl (C=O) groups is 2. The molecular formula is C11H13NO4. The van der Waals surface area contributed by atoms with Crippen LogP contribution in [0.1, 0.15) is 12.5 Å². The molecule has 0 bridgehead atoms. The van der Waals surface area contributed by atoms with Crippen LogP contribution >= 0.6 is 0 Å². The second kappa shape index (κ2) is 5.16. The summed E-state index contributed by atoms with van der Waals surface area (Å²) in [5.41, 5.74) is 0.795. The van der Waals surface area contributed by atoms with E-state index < -0.39 is 17.8 Å². The third kappa shape index (κ3) is 3.27. The monoisotopic (exact) mass is 223 g/mol. The predicted molar refractivity (Wildman–Crippen MR) is 56.8 cm³/mol. The van der Waals surface area contributed by atoms with Gasteiger partial charge in [-0.15, -0.1) is 0 Å². The van der Waals surface area contributed by atoms with Gasteiger partial charge in [-0.25, -0.2) is 0 Å². The average molecular weight is 223 g/mol. The van der Waals surface area contributed by atoms with E-state index in [-0.39, 0.29) is 12.3 Å². The molecule has 0 heterocycles. The van der Waals surface area contributed by atoms with Crippen LogP contribution in [-0.4, -0.2) is 22.1 Å². The zero-order valence-corrected chi connectivity index (χ0v) is 8.80. The van der Waals surface area contributed by atoms with E-state index in [2.05, 4.69) is 5.32 Å². The highest BCUT2D eigenvalue weighted by Crippen LogP contribution is 2.09. The minimum Gasteiger partial charge on any atom is -0.508 e. The van der Waals surface area contributed by atoms with Gasteiger partial charge in [-0.05, 0) is 24.6 Å². The van der Waals surface area contributed by atoms with Gasteiger partial charge in [0.2, 0.25) is 5.91 Å². The first-order chi connectivity index (χ1) is 7.50. The Morgan fingerprint density at radius 1 is 1.31 bits per heavy atom. The van der Waals surface area contributed by atoms with E-state index in [0.717, 1.165) is 5.56 Å². The summed E-state index contributed by atoms with van der Waals surface area (Å²) in [6, 6.07) is 6.31. The maximum absolute atomic E-state index is 11.3. The number of benzene rings is 1. The van der Waals surface area contributed by atoms with E-state index in [1.165, 1.54) is 19.1 Å². The number of nitrogens with one attached hydrogen (secondary N) is 1. The van der Waals surface area contributed by atoms with Gasteiger partial charge in [-0.2, -0.15) is 0 Å². The first-order valence-electron chi connectivity index (χ1n) is 4.79. The molecule has 0 saturated carbocycles. The molecule has 16 heavy (non-hydrogen) atoms. The summed E-state index contributed by atoms with van der Waals surface area (Å²) in [4.78, 5) is 21.8. The van der Waals surface area contributed by atoms with Gasteiger partial charge in [0.1, 0.15) is 11.7 Å². The Morgan fingerprint density at radius 3 is 2.38 bits per heavy atom. The Labute approximate surface area is 92.7 Å². The Bertz CT molecular complexity index is 385. The Kier molecular flexibility index (Phi) is 3.88. The molecule has 0 aliphatic carbocycles. The van der Waals surface area contributed by atoms with Crippen LogP contribution in [0.15, 0.2) is 24.3 Å². The van der Waals surface area contributed by atoms with Crippen LogP contribution in [0.5, 0.6) is 5.75 Å². The highest BCUT2D eigenvalue weighted by Gasteiger charge is 2.19. The van der Waals surface area contributed by atoms with Crippen molar-refractivity contribution in [3.05, 3.63) is 29.8 Å². The maximum Gasteiger partial charge on any atom is 0.315 e. The zero-order valence-electron chi connectivity index (χ0n) is 8.80. The number of carbonyl (C=O) groups excluding carboxylic acids is 1. The van der Waals surface area contributed by atoms with E-state index in [9.17, 15) is 9.59 Å². The molecule has 1 amide bonds. The van der Waals surface area contributed by atoms with Crippen molar-refractivity contribution in [3.63, 3.8) is 0 Å². The second-order valence-electron chi connectivity index (χ2n) is 3.44. The summed E-state index contributed by atoms with van der Waals surface area (Å²) in [5.74, 6) is -2.59. The molecule has 0 saturated heterocycles. The SMILES string of the molecule is CC(C(=O)O)C(=O)NCc1ccc(O)cc1. The number of rotatable bonds is 4. The quantitative estimate of drug-likeness (QED) is 0.657. The summed E-state index contributed by atoms with van der Waals surface area (Å²) < 4.78 is 0. The number of amides is 1. The summed E-state index contributed by atoms with van der Waals surface area (Å²) >= 11 is 0.